The van der Waals surface area contributed by atoms with Crippen LogP contribution in [0.1, 0.15) is 38.7 Å². The van der Waals surface area contributed by atoms with Crippen LogP contribution in [0.3, 0.4) is 0 Å². The number of carboxylic acid groups (broad SMARTS) is 1. The molecule has 23 heavy (non-hydrogen) atoms. The normalized spacial score (nSPS) is 21.3. The minimum Gasteiger partial charge on any atom is -0.480 e. The van der Waals surface area contributed by atoms with Crippen molar-refractivity contribution >= 4 is 12.1 Å². The van der Waals surface area contributed by atoms with Crippen LogP contribution in [-0.2, 0) is 9.53 Å². The molecule has 126 valence electrons. The van der Waals surface area contributed by atoms with Gasteiger partial charge in [0.25, 0.3) is 0 Å². The van der Waals surface area contributed by atoms with Gasteiger partial charge in [-0.2, -0.15) is 0 Å². The topological polar surface area (TPSA) is 66.8 Å². The molecule has 1 aliphatic heterocycles. The largest absolute Gasteiger partial charge is 0.480 e. The van der Waals surface area contributed by atoms with Crippen molar-refractivity contribution in [3.63, 3.8) is 0 Å². The zero-order chi connectivity index (χ0) is 17.4. The van der Waals surface area contributed by atoms with Crippen molar-refractivity contribution in [2.24, 2.45) is 0 Å². The van der Waals surface area contributed by atoms with E-state index in [4.69, 9.17) is 4.74 Å². The van der Waals surface area contributed by atoms with Crippen LogP contribution in [0.4, 0.5) is 13.6 Å². The van der Waals surface area contributed by atoms with Gasteiger partial charge in [-0.3, -0.25) is 4.90 Å². The van der Waals surface area contributed by atoms with E-state index in [-0.39, 0.29) is 18.5 Å². The number of hydrogen-bond donors (Lipinski definition) is 1. The summed E-state index contributed by atoms with van der Waals surface area (Å²) in [5.74, 6) is -3.02. The van der Waals surface area contributed by atoms with Gasteiger partial charge >= 0.3 is 12.1 Å². The minimum absolute atomic E-state index is 0.00888. The molecule has 0 saturated carbocycles. The second-order valence-corrected chi connectivity index (χ2v) is 6.59. The third kappa shape index (κ3) is 3.97. The first-order valence-corrected chi connectivity index (χ1v) is 7.26. The average molecular weight is 327 g/mol. The Morgan fingerprint density at radius 3 is 2.52 bits per heavy atom. The van der Waals surface area contributed by atoms with E-state index in [9.17, 15) is 23.5 Å². The number of likely N-dealkylation sites (tertiary alicyclic amines) is 1. The molecule has 2 atom stereocenters. The Bertz CT molecular complexity index is 627. The number of rotatable bonds is 2. The molecule has 1 aliphatic rings. The number of carbonyl (C=O) groups excluding carboxylic acids is 1. The maximum atomic E-state index is 13.9. The second kappa shape index (κ2) is 6.14. The third-order valence-electron chi connectivity index (χ3n) is 3.61. The first kappa shape index (κ1) is 17.2. The molecule has 1 fully saturated rings. The van der Waals surface area contributed by atoms with Crippen LogP contribution >= 0.6 is 0 Å². The van der Waals surface area contributed by atoms with Gasteiger partial charge in [0, 0.05) is 12.5 Å². The number of benzene rings is 1. The highest BCUT2D eigenvalue weighted by atomic mass is 19.1. The summed E-state index contributed by atoms with van der Waals surface area (Å²) in [4.78, 5) is 24.6. The standard InChI is InChI=1S/C16H19F2NO4/c1-16(2,3)23-15(22)19-8-9(6-13(19)14(20)21)11-7-10(17)4-5-12(11)18/h4-5,7,9,13H,6,8H2,1-3H3,(H,20,21)/t9-,13?/m0/s1. The van der Waals surface area contributed by atoms with Gasteiger partial charge in [0.1, 0.15) is 23.3 Å². The molecule has 7 heteroatoms. The Morgan fingerprint density at radius 2 is 1.96 bits per heavy atom. The summed E-state index contributed by atoms with van der Waals surface area (Å²) in [6.07, 6.45) is -0.765. The molecule has 1 heterocycles. The molecule has 0 bridgehead atoms. The Labute approximate surface area is 132 Å². The summed E-state index contributed by atoms with van der Waals surface area (Å²) >= 11 is 0. The minimum atomic E-state index is -1.20. The summed E-state index contributed by atoms with van der Waals surface area (Å²) in [6.45, 7) is 4.97. The van der Waals surface area contributed by atoms with E-state index in [0.29, 0.717) is 0 Å². The zero-order valence-electron chi connectivity index (χ0n) is 13.2. The quantitative estimate of drug-likeness (QED) is 0.906. The highest BCUT2D eigenvalue weighted by Crippen LogP contribution is 2.34. The Morgan fingerprint density at radius 1 is 1.30 bits per heavy atom. The van der Waals surface area contributed by atoms with E-state index in [1.165, 1.54) is 0 Å². The van der Waals surface area contributed by atoms with Crippen molar-refractivity contribution in [2.75, 3.05) is 6.54 Å². The zero-order valence-corrected chi connectivity index (χ0v) is 13.2. The van der Waals surface area contributed by atoms with Crippen molar-refractivity contribution < 1.29 is 28.2 Å². The van der Waals surface area contributed by atoms with E-state index in [0.717, 1.165) is 23.1 Å². The second-order valence-electron chi connectivity index (χ2n) is 6.59. The Kier molecular flexibility index (Phi) is 4.58. The van der Waals surface area contributed by atoms with Crippen LogP contribution in [0, 0.1) is 11.6 Å². The molecule has 1 aromatic rings. The fourth-order valence-corrected chi connectivity index (χ4v) is 2.65. The van der Waals surface area contributed by atoms with Crippen LogP contribution in [0.5, 0.6) is 0 Å². The lowest BCUT2D eigenvalue weighted by Gasteiger charge is -2.26. The summed E-state index contributed by atoms with van der Waals surface area (Å²) in [5, 5.41) is 9.30. The van der Waals surface area contributed by atoms with E-state index < -0.39 is 41.3 Å². The Balaban J connectivity index is 2.26. The smallest absolute Gasteiger partial charge is 0.411 e. The van der Waals surface area contributed by atoms with Crippen molar-refractivity contribution in [1.82, 2.24) is 4.90 Å². The van der Waals surface area contributed by atoms with Gasteiger partial charge in [0.2, 0.25) is 0 Å². The molecule has 5 nitrogen and oxygen atoms in total. The lowest BCUT2D eigenvalue weighted by molar-refractivity contribution is -0.142. The van der Waals surface area contributed by atoms with Crippen molar-refractivity contribution in [2.45, 2.75) is 44.8 Å². The van der Waals surface area contributed by atoms with Gasteiger partial charge in [-0.15, -0.1) is 0 Å². The number of carbonyl (C=O) groups is 2. The van der Waals surface area contributed by atoms with Gasteiger partial charge in [-0.1, -0.05) is 0 Å². The van der Waals surface area contributed by atoms with E-state index in [1.54, 1.807) is 20.8 Å². The number of halogens is 2. The molecule has 2 rings (SSSR count). The number of nitrogens with zero attached hydrogens (tertiary/aromatic N) is 1. The first-order valence-electron chi connectivity index (χ1n) is 7.26. The van der Waals surface area contributed by atoms with Crippen molar-refractivity contribution in [1.29, 1.82) is 0 Å². The summed E-state index contributed by atoms with van der Waals surface area (Å²) in [6, 6.07) is 1.90. The fourth-order valence-electron chi connectivity index (χ4n) is 2.65. The monoisotopic (exact) mass is 327 g/mol. The van der Waals surface area contributed by atoms with Gasteiger partial charge < -0.3 is 9.84 Å². The molecule has 1 saturated heterocycles. The van der Waals surface area contributed by atoms with Gasteiger partial charge in [-0.25, -0.2) is 18.4 Å². The van der Waals surface area contributed by atoms with E-state index >= 15 is 0 Å². The lowest BCUT2D eigenvalue weighted by atomic mass is 9.96. The molecule has 1 aromatic carbocycles. The van der Waals surface area contributed by atoms with Gasteiger partial charge in [0.15, 0.2) is 0 Å². The Hall–Kier alpha value is -2.18. The molecule has 0 aromatic heterocycles. The number of carboxylic acids is 1. The van der Waals surface area contributed by atoms with Gasteiger partial charge in [0.05, 0.1) is 0 Å². The van der Waals surface area contributed by atoms with Crippen LogP contribution in [0.2, 0.25) is 0 Å². The summed E-state index contributed by atoms with van der Waals surface area (Å²) in [7, 11) is 0. The predicted molar refractivity (Wildman–Crippen MR) is 78.1 cm³/mol. The number of ether oxygens (including phenoxy) is 1. The molecular weight excluding hydrogens is 308 g/mol. The van der Waals surface area contributed by atoms with Crippen molar-refractivity contribution in [3.05, 3.63) is 35.4 Å². The fraction of sp³-hybridized carbons (Fsp3) is 0.500. The maximum absolute atomic E-state index is 13.9. The lowest BCUT2D eigenvalue weighted by Crippen LogP contribution is -2.43. The van der Waals surface area contributed by atoms with Crippen molar-refractivity contribution in [3.8, 4) is 0 Å². The van der Waals surface area contributed by atoms with Crippen LogP contribution in [0.25, 0.3) is 0 Å². The maximum Gasteiger partial charge on any atom is 0.411 e. The molecule has 1 N–H and O–H groups in total. The number of aliphatic carboxylic acids is 1. The summed E-state index contributed by atoms with van der Waals surface area (Å²) < 4.78 is 32.4. The average Bonchev–Trinajstić information content (AvgIpc) is 2.85. The molecule has 0 radical (unpaired) electrons. The highest BCUT2D eigenvalue weighted by Gasteiger charge is 2.42. The third-order valence-corrected chi connectivity index (χ3v) is 3.61. The van der Waals surface area contributed by atoms with Crippen LogP contribution in [0.15, 0.2) is 18.2 Å². The van der Waals surface area contributed by atoms with Gasteiger partial charge in [-0.05, 0) is 51.0 Å². The summed E-state index contributed by atoms with van der Waals surface area (Å²) in [5.41, 5.74) is -0.704. The van der Waals surface area contributed by atoms with E-state index in [1.807, 2.05) is 0 Å². The molecule has 1 unspecified atom stereocenters. The molecule has 1 amide bonds. The highest BCUT2D eigenvalue weighted by molar-refractivity contribution is 5.81. The van der Waals surface area contributed by atoms with E-state index in [2.05, 4.69) is 0 Å². The van der Waals surface area contributed by atoms with Crippen LogP contribution in [-0.4, -0.2) is 40.3 Å². The molecular formula is C16H19F2NO4. The number of amides is 1. The molecule has 0 spiro atoms. The van der Waals surface area contributed by atoms with Crippen LogP contribution < -0.4 is 0 Å². The first-order chi connectivity index (χ1) is 10.6. The predicted octanol–water partition coefficient (Wildman–Crippen LogP) is 3.14. The number of hydrogen-bond acceptors (Lipinski definition) is 3. The SMILES string of the molecule is CC(C)(C)OC(=O)N1C[C@@H](c2cc(F)ccc2F)CC1C(=O)O. The molecule has 0 aliphatic carbocycles.